The minimum absolute atomic E-state index is 0.0365. The average Bonchev–Trinajstić information content (AvgIpc) is 2.59. The predicted molar refractivity (Wildman–Crippen MR) is 96.4 cm³/mol. The molecule has 0 fully saturated rings. The molecule has 2 aromatic rings. The summed E-state index contributed by atoms with van der Waals surface area (Å²) in [6, 6.07) is 11.6. The van der Waals surface area contributed by atoms with Crippen LogP contribution in [0.5, 0.6) is 5.75 Å². The van der Waals surface area contributed by atoms with E-state index in [0.717, 1.165) is 15.9 Å². The normalized spacial score (nSPS) is 11.5. The smallest absolute Gasteiger partial charge is 0.328 e. The molecule has 25 heavy (non-hydrogen) atoms. The zero-order chi connectivity index (χ0) is 18.6. The highest BCUT2D eigenvalue weighted by atomic mass is 32.2. The lowest BCUT2D eigenvalue weighted by Gasteiger charge is -2.21. The van der Waals surface area contributed by atoms with E-state index < -0.39 is 16.0 Å². The van der Waals surface area contributed by atoms with Gasteiger partial charge in [-0.15, -0.1) is 0 Å². The highest BCUT2D eigenvalue weighted by Crippen LogP contribution is 2.30. The number of nitrogens with zero attached hydrogens (tertiary/aromatic N) is 1. The minimum Gasteiger partial charge on any atom is -0.495 e. The number of methoxy groups -OCH3 is 1. The van der Waals surface area contributed by atoms with Crippen LogP contribution in [0.15, 0.2) is 53.4 Å². The summed E-state index contributed by atoms with van der Waals surface area (Å²) in [4.78, 5) is 10.6. The molecule has 0 atom stereocenters. The van der Waals surface area contributed by atoms with E-state index in [4.69, 9.17) is 9.84 Å². The summed E-state index contributed by atoms with van der Waals surface area (Å²) < 4.78 is 32.3. The molecule has 0 aromatic heterocycles. The fourth-order valence-corrected chi connectivity index (χ4v) is 3.59. The van der Waals surface area contributed by atoms with Crippen molar-refractivity contribution in [1.29, 1.82) is 0 Å². The first-order valence-corrected chi connectivity index (χ1v) is 8.84. The van der Waals surface area contributed by atoms with Gasteiger partial charge in [0.2, 0.25) is 0 Å². The average molecular weight is 361 g/mol. The van der Waals surface area contributed by atoms with Crippen molar-refractivity contribution in [2.24, 2.45) is 0 Å². The topological polar surface area (TPSA) is 83.9 Å². The van der Waals surface area contributed by atoms with Gasteiger partial charge in [0.1, 0.15) is 10.6 Å². The lowest BCUT2D eigenvalue weighted by atomic mass is 10.2. The highest BCUT2D eigenvalue weighted by Gasteiger charge is 2.25. The molecule has 6 nitrogen and oxygen atoms in total. The molecule has 132 valence electrons. The van der Waals surface area contributed by atoms with E-state index in [1.165, 1.54) is 32.4 Å². The fraction of sp³-hybridized carbons (Fsp3) is 0.167. The van der Waals surface area contributed by atoms with Crippen LogP contribution in [0.2, 0.25) is 0 Å². The van der Waals surface area contributed by atoms with E-state index in [2.05, 4.69) is 0 Å². The van der Waals surface area contributed by atoms with E-state index in [1.807, 2.05) is 19.1 Å². The number of hydrogen-bond acceptors (Lipinski definition) is 4. The Morgan fingerprint density at radius 2 is 1.80 bits per heavy atom. The third kappa shape index (κ3) is 4.19. The monoisotopic (exact) mass is 361 g/mol. The van der Waals surface area contributed by atoms with E-state index in [9.17, 15) is 13.2 Å². The quantitative estimate of drug-likeness (QED) is 0.800. The number of carbonyl (C=O) groups is 1. The van der Waals surface area contributed by atoms with Crippen LogP contribution in [0.3, 0.4) is 0 Å². The third-order valence-electron chi connectivity index (χ3n) is 3.64. The Balaban J connectivity index is 2.51. The van der Waals surface area contributed by atoms with Crippen LogP contribution in [-0.2, 0) is 14.8 Å². The molecule has 0 spiro atoms. The summed E-state index contributed by atoms with van der Waals surface area (Å²) >= 11 is 0. The van der Waals surface area contributed by atoms with Gasteiger partial charge in [-0.25, -0.2) is 13.2 Å². The summed E-state index contributed by atoms with van der Waals surface area (Å²) in [5.41, 5.74) is 1.98. The van der Waals surface area contributed by atoms with Gasteiger partial charge < -0.3 is 9.84 Å². The Bertz CT molecular complexity index is 902. The molecule has 0 saturated heterocycles. The van der Waals surface area contributed by atoms with Crippen molar-refractivity contribution in [3.05, 3.63) is 59.7 Å². The summed E-state index contributed by atoms with van der Waals surface area (Å²) in [5, 5.41) is 8.73. The molecule has 0 bridgehead atoms. The second kappa shape index (κ2) is 7.40. The van der Waals surface area contributed by atoms with Gasteiger partial charge in [-0.05, 0) is 42.8 Å². The molecule has 0 unspecified atom stereocenters. The van der Waals surface area contributed by atoms with Gasteiger partial charge in [-0.1, -0.05) is 23.8 Å². The molecule has 0 radical (unpaired) electrons. The molecule has 0 heterocycles. The highest BCUT2D eigenvalue weighted by molar-refractivity contribution is 7.92. The second-order valence-corrected chi connectivity index (χ2v) is 7.33. The van der Waals surface area contributed by atoms with Gasteiger partial charge in [-0.2, -0.15) is 0 Å². The van der Waals surface area contributed by atoms with Crippen molar-refractivity contribution >= 4 is 27.8 Å². The number of rotatable bonds is 6. The lowest BCUT2D eigenvalue weighted by Crippen LogP contribution is -2.27. The lowest BCUT2D eigenvalue weighted by molar-refractivity contribution is -0.131. The molecule has 7 heteroatoms. The molecule has 1 N–H and O–H groups in total. The number of hydrogen-bond donors (Lipinski definition) is 1. The second-order valence-electron chi connectivity index (χ2n) is 5.39. The number of sulfonamides is 1. The minimum atomic E-state index is -3.88. The van der Waals surface area contributed by atoms with E-state index >= 15 is 0 Å². The number of anilines is 1. The molecule has 0 saturated carbocycles. The first-order valence-electron chi connectivity index (χ1n) is 7.40. The standard InChI is InChI=1S/C18H19NO5S/c1-13-4-8-15(9-5-13)19(2)25(22,23)17-12-14(7-11-18(20)21)6-10-16(17)24-3/h4-12H,1-3H3,(H,20,21)/b11-7+. The van der Waals surface area contributed by atoms with Crippen LogP contribution in [0.25, 0.3) is 6.08 Å². The maximum atomic E-state index is 13.0. The first kappa shape index (κ1) is 18.5. The Labute approximate surface area is 147 Å². The van der Waals surface area contributed by atoms with Crippen molar-refractivity contribution in [2.45, 2.75) is 11.8 Å². The van der Waals surface area contributed by atoms with Gasteiger partial charge in [0.15, 0.2) is 0 Å². The number of aliphatic carboxylic acids is 1. The number of benzene rings is 2. The molecule has 2 aromatic carbocycles. The summed E-state index contributed by atoms with van der Waals surface area (Å²) in [5.74, 6) is -0.927. The molecule has 2 rings (SSSR count). The first-order chi connectivity index (χ1) is 11.8. The van der Waals surface area contributed by atoms with Crippen LogP contribution in [0, 0.1) is 6.92 Å². The summed E-state index contributed by atoms with van der Waals surface area (Å²) in [6.07, 6.45) is 2.27. The van der Waals surface area contributed by atoms with Crippen molar-refractivity contribution < 1.29 is 23.1 Å². The number of carboxylic acids is 1. The molecule has 0 amide bonds. The molecular formula is C18H19NO5S. The van der Waals surface area contributed by atoms with Gasteiger partial charge in [0, 0.05) is 13.1 Å². The number of carboxylic acid groups (broad SMARTS) is 1. The van der Waals surface area contributed by atoms with Crippen LogP contribution >= 0.6 is 0 Å². The van der Waals surface area contributed by atoms with Crippen LogP contribution in [0.1, 0.15) is 11.1 Å². The summed E-state index contributed by atoms with van der Waals surface area (Å²) in [6.45, 7) is 1.92. The van der Waals surface area contributed by atoms with Crippen molar-refractivity contribution in [3.63, 3.8) is 0 Å². The molecule has 0 aliphatic carbocycles. The number of ether oxygens (including phenoxy) is 1. The Morgan fingerprint density at radius 1 is 1.16 bits per heavy atom. The maximum absolute atomic E-state index is 13.0. The van der Waals surface area contributed by atoms with Crippen molar-refractivity contribution in [2.75, 3.05) is 18.5 Å². The SMILES string of the molecule is COc1ccc(/C=C/C(=O)O)cc1S(=O)(=O)N(C)c1ccc(C)cc1. The number of aryl methyl sites for hydroxylation is 1. The molecule has 0 aliphatic heterocycles. The van der Waals surface area contributed by atoms with Crippen molar-refractivity contribution in [3.8, 4) is 5.75 Å². The summed E-state index contributed by atoms with van der Waals surface area (Å²) in [7, 11) is -1.04. The van der Waals surface area contributed by atoms with E-state index in [1.54, 1.807) is 18.2 Å². The Kier molecular flexibility index (Phi) is 5.48. The molecular weight excluding hydrogens is 342 g/mol. The zero-order valence-electron chi connectivity index (χ0n) is 14.1. The van der Waals surface area contributed by atoms with Crippen molar-refractivity contribution in [1.82, 2.24) is 0 Å². The van der Waals surface area contributed by atoms with Gasteiger partial charge in [0.05, 0.1) is 12.8 Å². The van der Waals surface area contributed by atoms with Gasteiger partial charge >= 0.3 is 5.97 Å². The van der Waals surface area contributed by atoms with Gasteiger partial charge in [-0.3, -0.25) is 4.31 Å². The Morgan fingerprint density at radius 3 is 2.36 bits per heavy atom. The van der Waals surface area contributed by atoms with E-state index in [0.29, 0.717) is 11.3 Å². The van der Waals surface area contributed by atoms with Gasteiger partial charge in [0.25, 0.3) is 10.0 Å². The largest absolute Gasteiger partial charge is 0.495 e. The third-order valence-corrected chi connectivity index (χ3v) is 5.45. The predicted octanol–water partition coefficient (Wildman–Crippen LogP) is 2.93. The van der Waals surface area contributed by atoms with Crippen LogP contribution in [0.4, 0.5) is 5.69 Å². The van der Waals surface area contributed by atoms with Crippen LogP contribution < -0.4 is 9.04 Å². The zero-order valence-corrected chi connectivity index (χ0v) is 14.9. The van der Waals surface area contributed by atoms with E-state index in [-0.39, 0.29) is 10.6 Å². The Hall–Kier alpha value is -2.80. The maximum Gasteiger partial charge on any atom is 0.328 e. The molecule has 0 aliphatic rings. The fourth-order valence-electron chi connectivity index (χ4n) is 2.21. The van der Waals surface area contributed by atoms with Crippen LogP contribution in [-0.4, -0.2) is 33.7 Å².